The van der Waals surface area contributed by atoms with Crippen LogP contribution < -0.4 is 0 Å². The molecular weight excluding hydrogens is 304 g/mol. The molecule has 2 aromatic carbocycles. The lowest BCUT2D eigenvalue weighted by Crippen LogP contribution is -2.39. The van der Waals surface area contributed by atoms with Crippen molar-refractivity contribution < 1.29 is 20.1 Å². The molecule has 3 N–H and O–H groups in total. The van der Waals surface area contributed by atoms with Crippen LogP contribution in [-0.2, 0) is 10.2 Å². The van der Waals surface area contributed by atoms with Crippen LogP contribution in [0.15, 0.2) is 48.5 Å². The largest absolute Gasteiger partial charge is 0.508 e. The van der Waals surface area contributed by atoms with Gasteiger partial charge >= 0.3 is 5.97 Å². The summed E-state index contributed by atoms with van der Waals surface area (Å²) < 4.78 is 0. The van der Waals surface area contributed by atoms with Crippen molar-refractivity contribution in [2.45, 2.75) is 31.6 Å². The Labute approximate surface area is 141 Å². The summed E-state index contributed by atoms with van der Waals surface area (Å²) in [6.07, 6.45) is 2.06. The van der Waals surface area contributed by atoms with Gasteiger partial charge in [-0.3, -0.25) is 4.79 Å². The third-order valence-electron chi connectivity index (χ3n) is 5.40. The molecule has 4 nitrogen and oxygen atoms in total. The lowest BCUT2D eigenvalue weighted by atomic mass is 9.60. The fourth-order valence-corrected chi connectivity index (χ4v) is 4.10. The number of rotatable bonds is 3. The Morgan fingerprint density at radius 1 is 0.958 bits per heavy atom. The summed E-state index contributed by atoms with van der Waals surface area (Å²) in [7, 11) is 0. The second-order valence-corrected chi connectivity index (χ2v) is 6.84. The van der Waals surface area contributed by atoms with Crippen LogP contribution in [0.4, 0.5) is 0 Å². The number of phenols is 2. The van der Waals surface area contributed by atoms with E-state index in [1.165, 1.54) is 0 Å². The van der Waals surface area contributed by atoms with Crippen molar-refractivity contribution in [2.75, 3.05) is 0 Å². The molecule has 4 heteroatoms. The van der Waals surface area contributed by atoms with Crippen molar-refractivity contribution in [3.8, 4) is 11.5 Å². The number of carboxylic acids is 1. The second kappa shape index (κ2) is 6.19. The molecule has 2 aromatic rings. The Morgan fingerprint density at radius 3 is 1.79 bits per heavy atom. The lowest BCUT2D eigenvalue weighted by Gasteiger charge is -2.43. The Morgan fingerprint density at radius 2 is 1.42 bits per heavy atom. The van der Waals surface area contributed by atoms with Crippen molar-refractivity contribution in [2.24, 2.45) is 11.8 Å². The maximum Gasteiger partial charge on any atom is 0.306 e. The summed E-state index contributed by atoms with van der Waals surface area (Å²) in [5.41, 5.74) is 1.84. The first-order valence-electron chi connectivity index (χ1n) is 8.24. The standard InChI is InChI=1S/C20H22O4/c1-13-12-20(11-10-18(13)19(23)24,14-2-6-16(21)7-3-14)15-4-8-17(22)9-5-15/h2-9,13,18,21-22H,10-12H2,1H3,(H,23,24). The molecule has 1 aliphatic rings. The van der Waals surface area contributed by atoms with E-state index < -0.39 is 5.97 Å². The Bertz CT molecular complexity index is 673. The number of hydrogen-bond acceptors (Lipinski definition) is 3. The molecule has 0 aliphatic heterocycles. The quantitative estimate of drug-likeness (QED) is 0.799. The van der Waals surface area contributed by atoms with Gasteiger partial charge < -0.3 is 15.3 Å². The minimum absolute atomic E-state index is 0.0406. The Kier molecular flexibility index (Phi) is 4.22. The summed E-state index contributed by atoms with van der Waals surface area (Å²) in [5, 5.41) is 28.6. The van der Waals surface area contributed by atoms with Crippen LogP contribution in [0.1, 0.15) is 37.3 Å². The zero-order valence-electron chi connectivity index (χ0n) is 13.6. The van der Waals surface area contributed by atoms with Crippen molar-refractivity contribution in [3.63, 3.8) is 0 Å². The van der Waals surface area contributed by atoms with Crippen LogP contribution in [-0.4, -0.2) is 21.3 Å². The number of carbonyl (C=O) groups is 1. The number of benzene rings is 2. The van der Waals surface area contributed by atoms with Gasteiger partial charge in [-0.25, -0.2) is 0 Å². The molecule has 1 saturated carbocycles. The van der Waals surface area contributed by atoms with E-state index in [0.717, 1.165) is 24.0 Å². The highest BCUT2D eigenvalue weighted by molar-refractivity contribution is 5.70. The summed E-state index contributed by atoms with van der Waals surface area (Å²) in [6, 6.07) is 14.3. The van der Waals surface area contributed by atoms with Crippen molar-refractivity contribution in [3.05, 3.63) is 59.7 Å². The number of phenolic OH excluding ortho intramolecular Hbond substituents is 2. The summed E-state index contributed by atoms with van der Waals surface area (Å²) in [5.74, 6) is -0.586. The first-order valence-corrected chi connectivity index (χ1v) is 8.24. The smallest absolute Gasteiger partial charge is 0.306 e. The SMILES string of the molecule is CC1CC(c2ccc(O)cc2)(c2ccc(O)cc2)CCC1C(=O)O. The van der Waals surface area contributed by atoms with Gasteiger partial charge in [0.1, 0.15) is 11.5 Å². The molecule has 0 radical (unpaired) electrons. The monoisotopic (exact) mass is 326 g/mol. The average Bonchev–Trinajstić information content (AvgIpc) is 2.55. The van der Waals surface area contributed by atoms with Gasteiger partial charge in [-0.05, 0) is 60.6 Å². The fraction of sp³-hybridized carbons (Fsp3) is 0.350. The molecule has 0 saturated heterocycles. The van der Waals surface area contributed by atoms with E-state index in [-0.39, 0.29) is 28.7 Å². The third-order valence-corrected chi connectivity index (χ3v) is 5.40. The van der Waals surface area contributed by atoms with E-state index in [4.69, 9.17) is 0 Å². The zero-order valence-corrected chi connectivity index (χ0v) is 13.6. The first kappa shape index (κ1) is 16.4. The maximum absolute atomic E-state index is 11.5. The molecule has 0 bridgehead atoms. The van der Waals surface area contributed by atoms with Gasteiger partial charge in [-0.2, -0.15) is 0 Å². The van der Waals surface area contributed by atoms with Gasteiger partial charge in [-0.1, -0.05) is 31.2 Å². The molecule has 0 aromatic heterocycles. The number of aromatic hydroxyl groups is 2. The minimum atomic E-state index is -0.729. The van der Waals surface area contributed by atoms with E-state index in [9.17, 15) is 20.1 Å². The lowest BCUT2D eigenvalue weighted by molar-refractivity contribution is -0.145. The summed E-state index contributed by atoms with van der Waals surface area (Å²) >= 11 is 0. The molecule has 0 heterocycles. The fourth-order valence-electron chi connectivity index (χ4n) is 4.10. The molecule has 3 rings (SSSR count). The van der Waals surface area contributed by atoms with Crippen molar-refractivity contribution in [1.29, 1.82) is 0 Å². The van der Waals surface area contributed by atoms with Gasteiger partial charge in [0.2, 0.25) is 0 Å². The Hall–Kier alpha value is -2.49. The first-order chi connectivity index (χ1) is 11.4. The van der Waals surface area contributed by atoms with E-state index in [2.05, 4.69) is 0 Å². The van der Waals surface area contributed by atoms with Gasteiger partial charge in [0, 0.05) is 5.41 Å². The van der Waals surface area contributed by atoms with Crippen molar-refractivity contribution in [1.82, 2.24) is 0 Å². The average molecular weight is 326 g/mol. The molecule has 126 valence electrons. The van der Waals surface area contributed by atoms with Gasteiger partial charge in [-0.15, -0.1) is 0 Å². The number of carboxylic acid groups (broad SMARTS) is 1. The molecule has 2 unspecified atom stereocenters. The van der Waals surface area contributed by atoms with Crippen LogP contribution in [0.2, 0.25) is 0 Å². The highest BCUT2D eigenvalue weighted by atomic mass is 16.4. The zero-order chi connectivity index (χ0) is 17.3. The van der Waals surface area contributed by atoms with E-state index in [0.29, 0.717) is 6.42 Å². The summed E-state index contributed by atoms with van der Waals surface area (Å²) in [4.78, 5) is 11.5. The van der Waals surface area contributed by atoms with Crippen LogP contribution in [0.5, 0.6) is 11.5 Å². The van der Waals surface area contributed by atoms with Crippen LogP contribution >= 0.6 is 0 Å². The number of aliphatic carboxylic acids is 1. The molecule has 1 aliphatic carbocycles. The minimum Gasteiger partial charge on any atom is -0.508 e. The van der Waals surface area contributed by atoms with Crippen molar-refractivity contribution >= 4 is 5.97 Å². The van der Waals surface area contributed by atoms with Crippen LogP contribution in [0.3, 0.4) is 0 Å². The highest BCUT2D eigenvalue weighted by Crippen LogP contribution is 2.49. The predicted molar refractivity (Wildman–Crippen MR) is 91.1 cm³/mol. The topological polar surface area (TPSA) is 77.8 Å². The molecule has 2 atom stereocenters. The molecule has 0 amide bonds. The van der Waals surface area contributed by atoms with E-state index in [1.807, 2.05) is 31.2 Å². The molecule has 24 heavy (non-hydrogen) atoms. The molecular formula is C20H22O4. The highest BCUT2D eigenvalue weighted by Gasteiger charge is 2.43. The predicted octanol–water partition coefficient (Wildman–Crippen LogP) is 3.90. The number of hydrogen-bond donors (Lipinski definition) is 3. The van der Waals surface area contributed by atoms with Gasteiger partial charge in [0.25, 0.3) is 0 Å². The summed E-state index contributed by atoms with van der Waals surface area (Å²) in [6.45, 7) is 1.99. The molecule has 0 spiro atoms. The maximum atomic E-state index is 11.5. The molecule has 1 fully saturated rings. The Balaban J connectivity index is 2.07. The second-order valence-electron chi connectivity index (χ2n) is 6.84. The van der Waals surface area contributed by atoms with E-state index >= 15 is 0 Å². The van der Waals surface area contributed by atoms with Gasteiger partial charge in [0.05, 0.1) is 5.92 Å². The normalized spacial score (nSPS) is 22.9. The van der Waals surface area contributed by atoms with E-state index in [1.54, 1.807) is 24.3 Å². The van der Waals surface area contributed by atoms with Gasteiger partial charge in [0.15, 0.2) is 0 Å². The van der Waals surface area contributed by atoms with Crippen LogP contribution in [0.25, 0.3) is 0 Å². The van der Waals surface area contributed by atoms with Crippen LogP contribution in [0, 0.1) is 11.8 Å². The third kappa shape index (κ3) is 2.84.